The molecule has 0 fully saturated rings. The first kappa shape index (κ1) is 8.93. The van der Waals surface area contributed by atoms with Gasteiger partial charge in [0.25, 0.3) is 5.91 Å². The fraction of sp³-hybridized carbons (Fsp3) is 0.100. The third-order valence-electron chi connectivity index (χ3n) is 1.85. The van der Waals surface area contributed by atoms with Gasteiger partial charge in [-0.05, 0) is 24.3 Å². The molecule has 0 spiro atoms. The molecular formula is C10H10N2O2. The highest BCUT2D eigenvalue weighted by molar-refractivity contribution is 5.64. The molecule has 1 aromatic rings. The van der Waals surface area contributed by atoms with Gasteiger partial charge in [0.1, 0.15) is 0 Å². The smallest absolute Gasteiger partial charge is 0.265 e. The van der Waals surface area contributed by atoms with Crippen LogP contribution in [0.3, 0.4) is 0 Å². The van der Waals surface area contributed by atoms with E-state index >= 15 is 0 Å². The summed E-state index contributed by atoms with van der Waals surface area (Å²) in [6.45, 7) is 0. The van der Waals surface area contributed by atoms with E-state index in [1.165, 1.54) is 6.08 Å². The van der Waals surface area contributed by atoms with E-state index in [0.717, 1.165) is 0 Å². The van der Waals surface area contributed by atoms with E-state index in [4.69, 9.17) is 0 Å². The lowest BCUT2D eigenvalue weighted by molar-refractivity contribution is -0.132. The zero-order valence-corrected chi connectivity index (χ0v) is 7.38. The van der Waals surface area contributed by atoms with Crippen LogP contribution in [0.2, 0.25) is 0 Å². The summed E-state index contributed by atoms with van der Waals surface area (Å²) in [7, 11) is 0. The van der Waals surface area contributed by atoms with Crippen LogP contribution in [0.1, 0.15) is 5.69 Å². The number of nitrogens with one attached hydrogen (secondary N) is 1. The van der Waals surface area contributed by atoms with E-state index in [1.54, 1.807) is 30.5 Å². The lowest BCUT2D eigenvalue weighted by Gasteiger charge is -2.24. The summed E-state index contributed by atoms with van der Waals surface area (Å²) in [6.07, 6.45) is 6.19. The van der Waals surface area contributed by atoms with Crippen LogP contribution in [0.5, 0.6) is 0 Å². The van der Waals surface area contributed by atoms with Gasteiger partial charge in [-0.15, -0.1) is 0 Å². The van der Waals surface area contributed by atoms with E-state index in [-0.39, 0.29) is 0 Å². The number of dihydropyridines is 1. The number of pyridine rings is 1. The van der Waals surface area contributed by atoms with Crippen molar-refractivity contribution in [2.24, 2.45) is 0 Å². The van der Waals surface area contributed by atoms with Crippen molar-refractivity contribution in [1.29, 1.82) is 0 Å². The number of rotatable bonds is 1. The maximum absolute atomic E-state index is 9.30. The Morgan fingerprint density at radius 2 is 2.14 bits per heavy atom. The quantitative estimate of drug-likeness (QED) is 0.554. The van der Waals surface area contributed by atoms with Crippen molar-refractivity contribution >= 4 is 5.70 Å². The molecule has 0 saturated carbocycles. The number of hydrogen-bond donors (Lipinski definition) is 3. The Hall–Kier alpha value is -1.65. The van der Waals surface area contributed by atoms with Gasteiger partial charge in [-0.1, -0.05) is 12.1 Å². The number of nitrogens with zero attached hydrogens (tertiary/aromatic N) is 1. The zero-order valence-electron chi connectivity index (χ0n) is 7.38. The fourth-order valence-corrected chi connectivity index (χ4v) is 1.23. The summed E-state index contributed by atoms with van der Waals surface area (Å²) in [6, 6.07) is 5.42. The number of hydrogen-bond acceptors (Lipinski definition) is 4. The Morgan fingerprint density at radius 3 is 2.79 bits per heavy atom. The molecule has 4 nitrogen and oxygen atoms in total. The van der Waals surface area contributed by atoms with Crippen LogP contribution in [0.25, 0.3) is 5.70 Å². The van der Waals surface area contributed by atoms with E-state index in [0.29, 0.717) is 11.4 Å². The molecule has 0 aromatic carbocycles. The minimum Gasteiger partial charge on any atom is -0.346 e. The second-order valence-corrected chi connectivity index (χ2v) is 3.01. The third kappa shape index (κ3) is 1.81. The summed E-state index contributed by atoms with van der Waals surface area (Å²) in [5.41, 5.74) is 1.25. The molecule has 4 heteroatoms. The van der Waals surface area contributed by atoms with Gasteiger partial charge in [0.05, 0.1) is 11.4 Å². The second kappa shape index (κ2) is 3.25. The lowest BCUT2D eigenvalue weighted by atomic mass is 10.2. The molecule has 1 aliphatic heterocycles. The second-order valence-electron chi connectivity index (χ2n) is 3.01. The molecule has 0 radical (unpaired) electrons. The third-order valence-corrected chi connectivity index (χ3v) is 1.85. The molecule has 14 heavy (non-hydrogen) atoms. The summed E-state index contributed by atoms with van der Waals surface area (Å²) in [5, 5.41) is 21.1. The van der Waals surface area contributed by atoms with Crippen LogP contribution in [0.15, 0.2) is 42.6 Å². The van der Waals surface area contributed by atoms with Crippen molar-refractivity contribution in [3.63, 3.8) is 0 Å². The average molecular weight is 190 g/mol. The molecule has 0 bridgehead atoms. The monoisotopic (exact) mass is 190 g/mol. The molecule has 1 aliphatic rings. The summed E-state index contributed by atoms with van der Waals surface area (Å²) < 4.78 is 0. The maximum Gasteiger partial charge on any atom is 0.265 e. The fourth-order valence-electron chi connectivity index (χ4n) is 1.23. The largest absolute Gasteiger partial charge is 0.346 e. The number of aromatic nitrogens is 1. The van der Waals surface area contributed by atoms with Gasteiger partial charge in [-0.3, -0.25) is 4.98 Å². The standard InChI is InChI=1S/C10H10N2O2/c13-10(14)6-3-5-9(12-10)8-4-1-2-7-11-8/h1-7,12-14H. The Bertz CT molecular complexity index is 382. The zero-order chi connectivity index (χ0) is 10.0. The van der Waals surface area contributed by atoms with Crippen molar-refractivity contribution in [1.82, 2.24) is 10.3 Å². The van der Waals surface area contributed by atoms with Gasteiger partial charge < -0.3 is 15.5 Å². The van der Waals surface area contributed by atoms with Crippen molar-refractivity contribution in [3.8, 4) is 0 Å². The van der Waals surface area contributed by atoms with Gasteiger partial charge in [0.2, 0.25) is 0 Å². The van der Waals surface area contributed by atoms with Crippen molar-refractivity contribution in [2.45, 2.75) is 5.91 Å². The summed E-state index contributed by atoms with van der Waals surface area (Å²) >= 11 is 0. The Labute approximate surface area is 81.2 Å². The topological polar surface area (TPSA) is 65.4 Å². The first-order valence-electron chi connectivity index (χ1n) is 4.21. The molecule has 0 saturated heterocycles. The van der Waals surface area contributed by atoms with Crippen molar-refractivity contribution < 1.29 is 10.2 Å². The number of allylic oxidation sites excluding steroid dienone is 2. The van der Waals surface area contributed by atoms with Gasteiger partial charge in [-0.2, -0.15) is 0 Å². The Balaban J connectivity index is 2.30. The highest BCUT2D eigenvalue weighted by atomic mass is 16.5. The summed E-state index contributed by atoms with van der Waals surface area (Å²) in [4.78, 5) is 4.08. The lowest BCUT2D eigenvalue weighted by Crippen LogP contribution is -2.43. The molecule has 0 atom stereocenters. The van der Waals surface area contributed by atoms with Gasteiger partial charge in [0.15, 0.2) is 0 Å². The van der Waals surface area contributed by atoms with E-state index < -0.39 is 5.91 Å². The first-order valence-corrected chi connectivity index (χ1v) is 4.21. The molecule has 0 aliphatic carbocycles. The molecule has 2 heterocycles. The predicted octanol–water partition coefficient (Wildman–Crippen LogP) is 0.220. The number of aliphatic hydroxyl groups is 2. The molecule has 1 aromatic heterocycles. The van der Waals surface area contributed by atoms with Crippen molar-refractivity contribution in [2.75, 3.05) is 0 Å². The van der Waals surface area contributed by atoms with Crippen LogP contribution < -0.4 is 5.32 Å². The molecular weight excluding hydrogens is 180 g/mol. The predicted molar refractivity (Wildman–Crippen MR) is 51.7 cm³/mol. The highest BCUT2D eigenvalue weighted by Gasteiger charge is 2.22. The molecule has 3 N–H and O–H groups in total. The average Bonchev–Trinajstić information content (AvgIpc) is 2.18. The Kier molecular flexibility index (Phi) is 2.07. The normalized spacial score (nSPS) is 18.6. The van der Waals surface area contributed by atoms with Crippen LogP contribution in [0, 0.1) is 0 Å². The highest BCUT2D eigenvalue weighted by Crippen LogP contribution is 2.15. The Morgan fingerprint density at radius 1 is 1.29 bits per heavy atom. The van der Waals surface area contributed by atoms with E-state index in [1.807, 2.05) is 6.07 Å². The van der Waals surface area contributed by atoms with Gasteiger partial charge in [0, 0.05) is 6.20 Å². The van der Waals surface area contributed by atoms with Crippen LogP contribution in [-0.4, -0.2) is 21.1 Å². The van der Waals surface area contributed by atoms with E-state index in [2.05, 4.69) is 10.3 Å². The van der Waals surface area contributed by atoms with Crippen LogP contribution >= 0.6 is 0 Å². The van der Waals surface area contributed by atoms with Gasteiger partial charge in [-0.25, -0.2) is 0 Å². The SMILES string of the molecule is OC1(O)C=CC=C(c2ccccn2)N1. The molecule has 2 rings (SSSR count). The molecule has 0 unspecified atom stereocenters. The van der Waals surface area contributed by atoms with E-state index in [9.17, 15) is 10.2 Å². The molecule has 0 amide bonds. The van der Waals surface area contributed by atoms with Gasteiger partial charge >= 0.3 is 0 Å². The van der Waals surface area contributed by atoms with Crippen LogP contribution in [0.4, 0.5) is 0 Å². The first-order chi connectivity index (χ1) is 6.67. The molecule has 72 valence electrons. The van der Waals surface area contributed by atoms with Crippen LogP contribution in [-0.2, 0) is 0 Å². The van der Waals surface area contributed by atoms with Crippen molar-refractivity contribution in [3.05, 3.63) is 48.3 Å². The maximum atomic E-state index is 9.30. The summed E-state index contributed by atoms with van der Waals surface area (Å²) in [5.74, 6) is -1.98. The minimum absolute atomic E-state index is 0.582. The minimum atomic E-state index is -1.98.